The second kappa shape index (κ2) is 8.29. The van der Waals surface area contributed by atoms with E-state index in [1.165, 1.54) is 6.20 Å². The van der Waals surface area contributed by atoms with Gasteiger partial charge in [0.15, 0.2) is 5.65 Å². The number of rotatable bonds is 9. The van der Waals surface area contributed by atoms with Gasteiger partial charge in [0.2, 0.25) is 0 Å². The van der Waals surface area contributed by atoms with Gasteiger partial charge in [0.05, 0.1) is 22.8 Å². The largest absolute Gasteiger partial charge is 0.397 e. The minimum Gasteiger partial charge on any atom is -0.397 e. The van der Waals surface area contributed by atoms with Gasteiger partial charge in [0.1, 0.15) is 0 Å². The fourth-order valence-corrected chi connectivity index (χ4v) is 2.61. The molecule has 2 aromatic rings. The van der Waals surface area contributed by atoms with Crippen molar-refractivity contribution in [2.24, 2.45) is 0 Å². The molecule has 0 atom stereocenters. The Balaban J connectivity index is 2.32. The predicted molar refractivity (Wildman–Crippen MR) is 97.8 cm³/mol. The highest BCUT2D eigenvalue weighted by molar-refractivity contribution is 6.05. The average Bonchev–Trinajstić information content (AvgIpc) is 2.99. The molecule has 0 spiro atoms. The highest BCUT2D eigenvalue weighted by Gasteiger charge is 2.20. The molecule has 2 N–H and O–H groups in total. The van der Waals surface area contributed by atoms with Crippen molar-refractivity contribution in [1.82, 2.24) is 19.7 Å². The number of aryl methyl sites for hydroxylation is 1. The molecule has 2 rings (SSSR count). The van der Waals surface area contributed by atoms with Crippen LogP contribution in [0.15, 0.2) is 37.7 Å². The molecule has 0 unspecified atom stereocenters. The Labute approximate surface area is 142 Å². The highest BCUT2D eigenvalue weighted by Crippen LogP contribution is 2.24. The molecule has 0 aliphatic heterocycles. The van der Waals surface area contributed by atoms with Crippen molar-refractivity contribution in [2.75, 3.05) is 18.8 Å². The molecular formula is C18H25N5O. The first-order chi connectivity index (χ1) is 11.6. The zero-order chi connectivity index (χ0) is 17.5. The summed E-state index contributed by atoms with van der Waals surface area (Å²) in [4.78, 5) is 18.7. The SMILES string of the molecule is C=CCN(CC=C)C(=O)c1cnc2c(cnn2CCCCC)c1N. The second-order valence-corrected chi connectivity index (χ2v) is 5.69. The summed E-state index contributed by atoms with van der Waals surface area (Å²) in [7, 11) is 0. The molecule has 2 heterocycles. The van der Waals surface area contributed by atoms with Gasteiger partial charge in [-0.2, -0.15) is 5.10 Å². The molecule has 0 bridgehead atoms. The third-order valence-corrected chi connectivity index (χ3v) is 3.90. The van der Waals surface area contributed by atoms with Crippen LogP contribution < -0.4 is 5.73 Å². The minimum absolute atomic E-state index is 0.180. The number of carbonyl (C=O) groups is 1. The molecule has 0 aliphatic rings. The van der Waals surface area contributed by atoms with Crippen molar-refractivity contribution in [3.8, 4) is 0 Å². The topological polar surface area (TPSA) is 77.0 Å². The van der Waals surface area contributed by atoms with Crippen molar-refractivity contribution >= 4 is 22.6 Å². The van der Waals surface area contributed by atoms with E-state index in [9.17, 15) is 4.79 Å². The third-order valence-electron chi connectivity index (χ3n) is 3.90. The Kier molecular flexibility index (Phi) is 6.12. The third kappa shape index (κ3) is 3.64. The zero-order valence-corrected chi connectivity index (χ0v) is 14.2. The van der Waals surface area contributed by atoms with Crippen LogP contribution in [0.1, 0.15) is 36.5 Å². The number of amides is 1. The molecule has 2 aromatic heterocycles. The minimum atomic E-state index is -0.180. The van der Waals surface area contributed by atoms with Gasteiger partial charge in [-0.05, 0) is 6.42 Å². The molecule has 128 valence electrons. The number of anilines is 1. The van der Waals surface area contributed by atoms with E-state index in [-0.39, 0.29) is 5.91 Å². The van der Waals surface area contributed by atoms with Crippen LogP contribution in [0.2, 0.25) is 0 Å². The number of fused-ring (bicyclic) bond motifs is 1. The first-order valence-corrected chi connectivity index (χ1v) is 8.25. The van der Waals surface area contributed by atoms with Crippen molar-refractivity contribution in [3.63, 3.8) is 0 Å². The van der Waals surface area contributed by atoms with Crippen LogP contribution in [0.4, 0.5) is 5.69 Å². The van der Waals surface area contributed by atoms with Crippen molar-refractivity contribution in [1.29, 1.82) is 0 Å². The van der Waals surface area contributed by atoms with Crippen LogP contribution in [-0.4, -0.2) is 38.7 Å². The van der Waals surface area contributed by atoms with E-state index in [4.69, 9.17) is 5.73 Å². The lowest BCUT2D eigenvalue weighted by Gasteiger charge is -2.20. The summed E-state index contributed by atoms with van der Waals surface area (Å²) in [5.74, 6) is -0.180. The van der Waals surface area contributed by atoms with E-state index in [0.29, 0.717) is 24.3 Å². The molecule has 0 saturated carbocycles. The summed E-state index contributed by atoms with van der Waals surface area (Å²) in [6, 6.07) is 0. The number of nitrogens with two attached hydrogens (primary N) is 1. The van der Waals surface area contributed by atoms with E-state index < -0.39 is 0 Å². The lowest BCUT2D eigenvalue weighted by Crippen LogP contribution is -2.32. The van der Waals surface area contributed by atoms with Crippen LogP contribution in [-0.2, 0) is 6.54 Å². The second-order valence-electron chi connectivity index (χ2n) is 5.69. The van der Waals surface area contributed by atoms with Crippen LogP contribution in [0, 0.1) is 0 Å². The number of carbonyl (C=O) groups excluding carboxylic acids is 1. The van der Waals surface area contributed by atoms with Crippen LogP contribution in [0.5, 0.6) is 0 Å². The van der Waals surface area contributed by atoms with Gasteiger partial charge in [-0.1, -0.05) is 31.9 Å². The number of pyridine rings is 1. The summed E-state index contributed by atoms with van der Waals surface area (Å²) in [6.07, 6.45) is 9.91. The average molecular weight is 327 g/mol. The van der Waals surface area contributed by atoms with Crippen LogP contribution >= 0.6 is 0 Å². The van der Waals surface area contributed by atoms with Crippen LogP contribution in [0.25, 0.3) is 11.0 Å². The molecule has 0 aromatic carbocycles. The monoisotopic (exact) mass is 327 g/mol. The number of hydrogen-bond donors (Lipinski definition) is 1. The van der Waals surface area contributed by atoms with E-state index in [0.717, 1.165) is 36.8 Å². The standard InChI is InChI=1S/C18H25N5O/c1-4-7-8-11-23-17-14(13-21-23)16(19)15(12-20-17)18(24)22(9-5-2)10-6-3/h5-6,12-13H,2-4,7-11H2,1H3,(H2,19,20). The van der Waals surface area contributed by atoms with E-state index in [2.05, 4.69) is 30.2 Å². The number of nitrogen functional groups attached to an aromatic ring is 1. The molecule has 6 heteroatoms. The maximum atomic E-state index is 12.7. The van der Waals surface area contributed by atoms with Gasteiger partial charge in [-0.15, -0.1) is 13.2 Å². The van der Waals surface area contributed by atoms with Gasteiger partial charge in [-0.3, -0.25) is 4.79 Å². The Hall–Kier alpha value is -2.63. The molecule has 0 saturated heterocycles. The molecule has 24 heavy (non-hydrogen) atoms. The lowest BCUT2D eigenvalue weighted by atomic mass is 10.1. The Morgan fingerprint density at radius 3 is 2.62 bits per heavy atom. The summed E-state index contributed by atoms with van der Waals surface area (Å²) in [5.41, 5.74) is 7.76. The Morgan fingerprint density at radius 1 is 1.29 bits per heavy atom. The summed E-state index contributed by atoms with van der Waals surface area (Å²) < 4.78 is 1.85. The quantitative estimate of drug-likeness (QED) is 0.567. The number of nitrogens with zero attached hydrogens (tertiary/aromatic N) is 4. The summed E-state index contributed by atoms with van der Waals surface area (Å²) in [6.45, 7) is 11.2. The van der Waals surface area contributed by atoms with Crippen molar-refractivity contribution in [3.05, 3.63) is 43.3 Å². The number of aromatic nitrogens is 3. The number of hydrogen-bond acceptors (Lipinski definition) is 4. The van der Waals surface area contributed by atoms with Gasteiger partial charge >= 0.3 is 0 Å². The first-order valence-electron chi connectivity index (χ1n) is 8.25. The van der Waals surface area contributed by atoms with E-state index in [1.54, 1.807) is 23.2 Å². The summed E-state index contributed by atoms with van der Waals surface area (Å²) >= 11 is 0. The zero-order valence-electron chi connectivity index (χ0n) is 14.2. The number of unbranched alkanes of at least 4 members (excludes halogenated alkanes) is 2. The summed E-state index contributed by atoms with van der Waals surface area (Å²) in [5, 5.41) is 5.08. The van der Waals surface area contributed by atoms with Crippen molar-refractivity contribution < 1.29 is 4.79 Å². The Morgan fingerprint density at radius 2 is 2.00 bits per heavy atom. The maximum absolute atomic E-state index is 12.7. The smallest absolute Gasteiger partial charge is 0.258 e. The Bertz CT molecular complexity index is 724. The van der Waals surface area contributed by atoms with Gasteiger partial charge in [0.25, 0.3) is 5.91 Å². The fraction of sp³-hybridized carbons (Fsp3) is 0.389. The molecule has 6 nitrogen and oxygen atoms in total. The van der Waals surface area contributed by atoms with Gasteiger partial charge < -0.3 is 10.6 Å². The van der Waals surface area contributed by atoms with E-state index in [1.807, 2.05) is 4.68 Å². The molecule has 0 radical (unpaired) electrons. The molecule has 0 aliphatic carbocycles. The molecule has 0 fully saturated rings. The predicted octanol–water partition coefficient (Wildman–Crippen LogP) is 3.02. The fourth-order valence-electron chi connectivity index (χ4n) is 2.61. The maximum Gasteiger partial charge on any atom is 0.258 e. The van der Waals surface area contributed by atoms with Crippen molar-refractivity contribution in [2.45, 2.75) is 32.7 Å². The van der Waals surface area contributed by atoms with E-state index >= 15 is 0 Å². The van der Waals surface area contributed by atoms with Gasteiger partial charge in [0, 0.05) is 25.8 Å². The van der Waals surface area contributed by atoms with Crippen LogP contribution in [0.3, 0.4) is 0 Å². The highest BCUT2D eigenvalue weighted by atomic mass is 16.2. The first kappa shape index (κ1) is 17.7. The molecular weight excluding hydrogens is 302 g/mol. The lowest BCUT2D eigenvalue weighted by molar-refractivity contribution is 0.0791. The van der Waals surface area contributed by atoms with Gasteiger partial charge in [-0.25, -0.2) is 9.67 Å². The molecule has 1 amide bonds. The normalized spacial score (nSPS) is 10.7.